The maximum absolute atomic E-state index is 12.9. The lowest BCUT2D eigenvalue weighted by atomic mass is 10.00. The molecule has 31 heavy (non-hydrogen) atoms. The number of carboxylic acids is 1. The number of carboxylic acid groups (broad SMARTS) is 1. The standard InChI is InChI=1S/C20H38N4O6S/c1-10(2)9-13(21)17(26)23-15(11(3)4)19(28)22-14(7-8-31-6)18(27)24-16(12(5)25)20(29)30/h10-16,25H,7-9,21H2,1-6H3,(H,22,28)(H,23,26)(H,24,27)(H,29,30). The van der Waals surface area contributed by atoms with Crippen LogP contribution in [0.5, 0.6) is 0 Å². The monoisotopic (exact) mass is 462 g/mol. The van der Waals surface area contributed by atoms with Crippen molar-refractivity contribution in [3.63, 3.8) is 0 Å². The van der Waals surface area contributed by atoms with E-state index in [-0.39, 0.29) is 18.3 Å². The van der Waals surface area contributed by atoms with Crippen molar-refractivity contribution in [2.75, 3.05) is 12.0 Å². The van der Waals surface area contributed by atoms with Crippen LogP contribution in [0, 0.1) is 11.8 Å². The molecule has 0 aromatic carbocycles. The smallest absolute Gasteiger partial charge is 0.328 e. The molecule has 0 aliphatic heterocycles. The predicted molar refractivity (Wildman–Crippen MR) is 120 cm³/mol. The zero-order valence-electron chi connectivity index (χ0n) is 19.2. The molecule has 0 saturated heterocycles. The summed E-state index contributed by atoms with van der Waals surface area (Å²) in [6, 6.07) is -4.20. The van der Waals surface area contributed by atoms with Crippen molar-refractivity contribution in [1.29, 1.82) is 0 Å². The number of thioether (sulfide) groups is 1. The maximum Gasteiger partial charge on any atom is 0.328 e. The van der Waals surface area contributed by atoms with Gasteiger partial charge in [-0.3, -0.25) is 14.4 Å². The molecule has 0 spiro atoms. The molecule has 0 fully saturated rings. The third-order valence-corrected chi connectivity index (χ3v) is 5.24. The van der Waals surface area contributed by atoms with Gasteiger partial charge in [-0.1, -0.05) is 27.7 Å². The number of nitrogens with two attached hydrogens (primary N) is 1. The van der Waals surface area contributed by atoms with Crippen molar-refractivity contribution in [2.45, 2.75) is 77.7 Å². The molecular formula is C20H38N4O6S. The minimum absolute atomic E-state index is 0.211. The second-order valence-corrected chi connectivity index (χ2v) is 9.36. The van der Waals surface area contributed by atoms with Crippen LogP contribution in [0.15, 0.2) is 0 Å². The SMILES string of the molecule is CSCCC(NC(=O)C(NC(=O)C(N)CC(C)C)C(C)C)C(=O)NC(C(=O)O)C(C)O. The molecule has 10 nitrogen and oxygen atoms in total. The van der Waals surface area contributed by atoms with Crippen molar-refractivity contribution < 1.29 is 29.4 Å². The lowest BCUT2D eigenvalue weighted by Gasteiger charge is -2.27. The van der Waals surface area contributed by atoms with Crippen LogP contribution in [0.1, 0.15) is 47.5 Å². The molecular weight excluding hydrogens is 424 g/mol. The van der Waals surface area contributed by atoms with Gasteiger partial charge in [0, 0.05) is 0 Å². The Hall–Kier alpha value is -1.85. The number of carbonyl (C=O) groups excluding carboxylic acids is 3. The number of amides is 3. The summed E-state index contributed by atoms with van der Waals surface area (Å²) in [7, 11) is 0. The van der Waals surface area contributed by atoms with Crippen LogP contribution in [0.4, 0.5) is 0 Å². The van der Waals surface area contributed by atoms with Gasteiger partial charge in [-0.2, -0.15) is 11.8 Å². The summed E-state index contributed by atoms with van der Waals surface area (Å²) >= 11 is 1.46. The quantitative estimate of drug-likeness (QED) is 0.204. The van der Waals surface area contributed by atoms with Gasteiger partial charge in [-0.25, -0.2) is 4.79 Å². The third kappa shape index (κ3) is 10.8. The predicted octanol–water partition coefficient (Wildman–Crippen LogP) is -0.311. The molecule has 0 aromatic rings. The van der Waals surface area contributed by atoms with E-state index in [9.17, 15) is 29.4 Å². The molecule has 5 atom stereocenters. The molecule has 0 rings (SSSR count). The number of rotatable bonds is 14. The van der Waals surface area contributed by atoms with Crippen LogP contribution in [0.3, 0.4) is 0 Å². The van der Waals surface area contributed by atoms with Crippen LogP contribution in [0.25, 0.3) is 0 Å². The van der Waals surface area contributed by atoms with Gasteiger partial charge in [0.1, 0.15) is 12.1 Å². The number of hydrogen-bond acceptors (Lipinski definition) is 7. The van der Waals surface area contributed by atoms with E-state index in [1.165, 1.54) is 18.7 Å². The van der Waals surface area contributed by atoms with Crippen molar-refractivity contribution in [3.05, 3.63) is 0 Å². The fraction of sp³-hybridized carbons (Fsp3) is 0.800. The number of hydrogen-bond donors (Lipinski definition) is 6. The molecule has 0 bridgehead atoms. The average molecular weight is 463 g/mol. The molecule has 0 radical (unpaired) electrons. The summed E-state index contributed by atoms with van der Waals surface area (Å²) in [5.41, 5.74) is 5.90. The molecule has 5 unspecified atom stereocenters. The van der Waals surface area contributed by atoms with E-state index in [1.54, 1.807) is 13.8 Å². The van der Waals surface area contributed by atoms with Gasteiger partial charge < -0.3 is 31.9 Å². The summed E-state index contributed by atoms with van der Waals surface area (Å²) in [5.74, 6) is -2.65. The summed E-state index contributed by atoms with van der Waals surface area (Å²) in [4.78, 5) is 49.2. The third-order valence-electron chi connectivity index (χ3n) is 4.60. The molecule has 0 saturated carbocycles. The second kappa shape index (κ2) is 14.3. The van der Waals surface area contributed by atoms with E-state index < -0.39 is 54.0 Å². The zero-order chi connectivity index (χ0) is 24.3. The first-order valence-electron chi connectivity index (χ1n) is 10.4. The first-order valence-corrected chi connectivity index (χ1v) is 11.8. The van der Waals surface area contributed by atoms with Gasteiger partial charge in [-0.15, -0.1) is 0 Å². The number of carbonyl (C=O) groups is 4. The Bertz CT molecular complexity index is 614. The molecule has 7 N–H and O–H groups in total. The van der Waals surface area contributed by atoms with Crippen LogP contribution < -0.4 is 21.7 Å². The lowest BCUT2D eigenvalue weighted by molar-refractivity contribution is -0.145. The van der Waals surface area contributed by atoms with Crippen LogP contribution in [-0.2, 0) is 19.2 Å². The van der Waals surface area contributed by atoms with Gasteiger partial charge in [-0.05, 0) is 43.6 Å². The zero-order valence-corrected chi connectivity index (χ0v) is 20.0. The van der Waals surface area contributed by atoms with E-state index in [2.05, 4.69) is 16.0 Å². The van der Waals surface area contributed by atoms with Gasteiger partial charge in [0.15, 0.2) is 6.04 Å². The highest BCUT2D eigenvalue weighted by Crippen LogP contribution is 2.08. The van der Waals surface area contributed by atoms with Crippen molar-refractivity contribution in [3.8, 4) is 0 Å². The topological polar surface area (TPSA) is 171 Å². The Labute approximate surface area is 188 Å². The summed E-state index contributed by atoms with van der Waals surface area (Å²) in [5, 5.41) is 26.3. The van der Waals surface area contributed by atoms with E-state index in [1.807, 2.05) is 20.1 Å². The Morgan fingerprint density at radius 2 is 1.45 bits per heavy atom. The summed E-state index contributed by atoms with van der Waals surface area (Å²) < 4.78 is 0. The summed E-state index contributed by atoms with van der Waals surface area (Å²) in [6.07, 6.45) is 1.23. The fourth-order valence-electron chi connectivity index (χ4n) is 2.82. The average Bonchev–Trinajstić information content (AvgIpc) is 2.65. The normalized spacial score (nSPS) is 16.2. The minimum Gasteiger partial charge on any atom is -0.480 e. The van der Waals surface area contributed by atoms with E-state index in [0.717, 1.165) is 0 Å². The molecule has 0 heterocycles. The van der Waals surface area contributed by atoms with Crippen LogP contribution in [0.2, 0.25) is 0 Å². The highest BCUT2D eigenvalue weighted by Gasteiger charge is 2.32. The molecule has 0 aliphatic rings. The van der Waals surface area contributed by atoms with Crippen molar-refractivity contribution in [2.24, 2.45) is 17.6 Å². The second-order valence-electron chi connectivity index (χ2n) is 8.37. The molecule has 3 amide bonds. The Balaban J connectivity index is 5.36. The lowest BCUT2D eigenvalue weighted by Crippen LogP contribution is -2.59. The molecule has 180 valence electrons. The Kier molecular flexibility index (Phi) is 13.4. The largest absolute Gasteiger partial charge is 0.480 e. The van der Waals surface area contributed by atoms with Crippen LogP contribution in [-0.4, -0.2) is 76.2 Å². The molecule has 11 heteroatoms. The van der Waals surface area contributed by atoms with Crippen molar-refractivity contribution >= 4 is 35.5 Å². The highest BCUT2D eigenvalue weighted by atomic mass is 32.2. The number of aliphatic hydroxyl groups is 1. The fourth-order valence-corrected chi connectivity index (χ4v) is 3.29. The Morgan fingerprint density at radius 1 is 0.903 bits per heavy atom. The van der Waals surface area contributed by atoms with Gasteiger partial charge in [0.05, 0.1) is 12.1 Å². The van der Waals surface area contributed by atoms with Crippen LogP contribution >= 0.6 is 11.8 Å². The molecule has 0 aromatic heterocycles. The van der Waals surface area contributed by atoms with E-state index >= 15 is 0 Å². The Morgan fingerprint density at radius 3 is 1.87 bits per heavy atom. The first-order chi connectivity index (χ1) is 14.3. The van der Waals surface area contributed by atoms with Gasteiger partial charge in [0.25, 0.3) is 0 Å². The molecule has 0 aliphatic carbocycles. The number of aliphatic hydroxyl groups excluding tert-OH is 1. The number of aliphatic carboxylic acids is 1. The van der Waals surface area contributed by atoms with Crippen molar-refractivity contribution in [1.82, 2.24) is 16.0 Å². The minimum atomic E-state index is -1.50. The summed E-state index contributed by atoms with van der Waals surface area (Å²) in [6.45, 7) is 8.63. The first kappa shape index (κ1) is 29.1. The van der Waals surface area contributed by atoms with E-state index in [4.69, 9.17) is 5.73 Å². The maximum atomic E-state index is 12.9. The highest BCUT2D eigenvalue weighted by molar-refractivity contribution is 7.98. The van der Waals surface area contributed by atoms with E-state index in [0.29, 0.717) is 12.2 Å². The van der Waals surface area contributed by atoms with Gasteiger partial charge >= 0.3 is 5.97 Å². The van der Waals surface area contributed by atoms with Gasteiger partial charge in [0.2, 0.25) is 17.7 Å². The number of nitrogens with one attached hydrogen (secondary N) is 3.